The minimum Gasteiger partial charge on any atom is -0.483 e. The standard InChI is InChI=1S/C31H35BrCl2N2O3/c1-20(2)35-30(38)27(16-21-9-7-6-8-10-21)36(18-22-11-13-25(33)26(34)15-22)29(37)19-39-28-14-12-23(17-24(28)32)31(3,4)5/h6-15,17,20,27H,16,18-19H2,1-5H3,(H,35,38)/t27-/m1/s1. The van der Waals surface area contributed by atoms with Gasteiger partial charge in [-0.05, 0) is 76.1 Å². The molecular weight excluding hydrogens is 599 g/mol. The Morgan fingerprint density at radius 3 is 2.23 bits per heavy atom. The first-order valence-electron chi connectivity index (χ1n) is 12.9. The number of carbonyl (C=O) groups is 2. The summed E-state index contributed by atoms with van der Waals surface area (Å²) in [6.07, 6.45) is 0.344. The molecule has 0 unspecified atom stereocenters. The second-order valence-corrected chi connectivity index (χ2v) is 12.5. The molecule has 0 aliphatic rings. The highest BCUT2D eigenvalue weighted by Gasteiger charge is 2.31. The molecule has 8 heteroatoms. The highest BCUT2D eigenvalue weighted by Crippen LogP contribution is 2.32. The number of hydrogen-bond acceptors (Lipinski definition) is 3. The molecule has 5 nitrogen and oxygen atoms in total. The van der Waals surface area contributed by atoms with E-state index in [9.17, 15) is 9.59 Å². The van der Waals surface area contributed by atoms with E-state index in [1.165, 1.54) is 0 Å². The van der Waals surface area contributed by atoms with Gasteiger partial charge in [0.05, 0.1) is 14.5 Å². The number of halogens is 3. The number of amides is 2. The molecule has 0 aromatic heterocycles. The van der Waals surface area contributed by atoms with Crippen LogP contribution >= 0.6 is 39.1 Å². The Balaban J connectivity index is 1.93. The Hall–Kier alpha value is -2.54. The predicted molar refractivity (Wildman–Crippen MR) is 163 cm³/mol. The van der Waals surface area contributed by atoms with E-state index in [2.05, 4.69) is 42.0 Å². The summed E-state index contributed by atoms with van der Waals surface area (Å²) in [6, 6.07) is 19.8. The van der Waals surface area contributed by atoms with Crippen LogP contribution in [0.1, 0.15) is 51.3 Å². The summed E-state index contributed by atoms with van der Waals surface area (Å²) in [6.45, 7) is 10.1. The zero-order valence-electron chi connectivity index (χ0n) is 22.9. The fourth-order valence-corrected chi connectivity index (χ4v) is 4.89. The molecule has 0 spiro atoms. The van der Waals surface area contributed by atoms with Crippen LogP contribution in [0, 0.1) is 0 Å². The monoisotopic (exact) mass is 632 g/mol. The summed E-state index contributed by atoms with van der Waals surface area (Å²) >= 11 is 16.0. The van der Waals surface area contributed by atoms with E-state index < -0.39 is 6.04 Å². The van der Waals surface area contributed by atoms with Gasteiger partial charge in [0.2, 0.25) is 5.91 Å². The molecule has 39 heavy (non-hydrogen) atoms. The van der Waals surface area contributed by atoms with Crippen molar-refractivity contribution >= 4 is 50.9 Å². The van der Waals surface area contributed by atoms with Crippen molar-refractivity contribution in [3.63, 3.8) is 0 Å². The number of ether oxygens (including phenoxy) is 1. The molecule has 0 radical (unpaired) electrons. The van der Waals surface area contributed by atoms with Crippen LogP contribution in [0.3, 0.4) is 0 Å². The molecule has 0 saturated heterocycles. The van der Waals surface area contributed by atoms with Crippen LogP contribution in [0.15, 0.2) is 71.2 Å². The predicted octanol–water partition coefficient (Wildman–Crippen LogP) is 7.60. The minimum absolute atomic E-state index is 0.0258. The van der Waals surface area contributed by atoms with E-state index in [1.807, 2.05) is 62.4 Å². The summed E-state index contributed by atoms with van der Waals surface area (Å²) in [5.41, 5.74) is 2.81. The van der Waals surface area contributed by atoms with Crippen molar-refractivity contribution in [1.82, 2.24) is 10.2 Å². The number of rotatable bonds is 10. The van der Waals surface area contributed by atoms with Gasteiger partial charge >= 0.3 is 0 Å². The van der Waals surface area contributed by atoms with Crippen LogP contribution in [-0.4, -0.2) is 35.4 Å². The molecule has 0 bridgehead atoms. The van der Waals surface area contributed by atoms with E-state index in [0.717, 1.165) is 21.2 Å². The summed E-state index contributed by atoms with van der Waals surface area (Å²) in [4.78, 5) is 28.8. The lowest BCUT2D eigenvalue weighted by molar-refractivity contribution is -0.143. The van der Waals surface area contributed by atoms with Gasteiger partial charge in [0, 0.05) is 19.0 Å². The minimum atomic E-state index is -0.771. The first kappa shape index (κ1) is 31.0. The molecule has 0 aliphatic carbocycles. The first-order chi connectivity index (χ1) is 18.3. The second kappa shape index (κ2) is 13.7. The zero-order chi connectivity index (χ0) is 28.7. The van der Waals surface area contributed by atoms with Gasteiger partial charge in [-0.3, -0.25) is 9.59 Å². The van der Waals surface area contributed by atoms with Crippen LogP contribution in [-0.2, 0) is 28.0 Å². The smallest absolute Gasteiger partial charge is 0.261 e. The van der Waals surface area contributed by atoms with E-state index in [-0.39, 0.29) is 36.4 Å². The average molecular weight is 634 g/mol. The van der Waals surface area contributed by atoms with Crippen LogP contribution in [0.25, 0.3) is 0 Å². The molecule has 208 valence electrons. The Morgan fingerprint density at radius 1 is 0.949 bits per heavy atom. The van der Waals surface area contributed by atoms with Gasteiger partial charge in [-0.15, -0.1) is 0 Å². The first-order valence-corrected chi connectivity index (χ1v) is 14.4. The summed E-state index contributed by atoms with van der Waals surface area (Å²) < 4.78 is 6.73. The lowest BCUT2D eigenvalue weighted by Gasteiger charge is -2.32. The van der Waals surface area contributed by atoms with Crippen molar-refractivity contribution < 1.29 is 14.3 Å². The van der Waals surface area contributed by atoms with Gasteiger partial charge in [0.1, 0.15) is 11.8 Å². The maximum absolute atomic E-state index is 13.8. The Kier molecular flexibility index (Phi) is 10.9. The van der Waals surface area contributed by atoms with Crippen LogP contribution in [0.5, 0.6) is 5.75 Å². The van der Waals surface area contributed by atoms with Crippen molar-refractivity contribution in [2.45, 2.75) is 65.1 Å². The number of hydrogen-bond donors (Lipinski definition) is 1. The fourth-order valence-electron chi connectivity index (χ4n) is 4.08. The van der Waals surface area contributed by atoms with Gasteiger partial charge in [-0.2, -0.15) is 0 Å². The molecule has 3 aromatic carbocycles. The van der Waals surface area contributed by atoms with Crippen LogP contribution < -0.4 is 10.1 Å². The average Bonchev–Trinajstić information content (AvgIpc) is 2.86. The quantitative estimate of drug-likeness (QED) is 0.250. The zero-order valence-corrected chi connectivity index (χ0v) is 26.0. The van der Waals surface area contributed by atoms with Gasteiger partial charge in [0.25, 0.3) is 5.91 Å². The molecule has 0 saturated carbocycles. The number of carbonyl (C=O) groups excluding carboxylic acids is 2. The number of nitrogens with zero attached hydrogens (tertiary/aromatic N) is 1. The second-order valence-electron chi connectivity index (χ2n) is 10.8. The normalized spacial score (nSPS) is 12.2. The maximum Gasteiger partial charge on any atom is 0.261 e. The van der Waals surface area contributed by atoms with Crippen molar-refractivity contribution in [2.24, 2.45) is 0 Å². The van der Waals surface area contributed by atoms with E-state index in [4.69, 9.17) is 27.9 Å². The number of nitrogens with one attached hydrogen (secondary N) is 1. The third kappa shape index (κ3) is 8.99. The Morgan fingerprint density at radius 2 is 1.64 bits per heavy atom. The topological polar surface area (TPSA) is 58.6 Å². The van der Waals surface area contributed by atoms with E-state index in [0.29, 0.717) is 22.2 Å². The molecule has 0 heterocycles. The highest BCUT2D eigenvalue weighted by atomic mass is 79.9. The number of benzene rings is 3. The third-order valence-electron chi connectivity index (χ3n) is 6.19. The molecule has 2 amide bonds. The molecule has 3 rings (SSSR count). The molecular formula is C31H35BrCl2N2O3. The van der Waals surface area contributed by atoms with E-state index >= 15 is 0 Å². The van der Waals surface area contributed by atoms with E-state index in [1.54, 1.807) is 23.1 Å². The lowest BCUT2D eigenvalue weighted by atomic mass is 9.87. The van der Waals surface area contributed by atoms with Crippen LogP contribution in [0.4, 0.5) is 0 Å². The molecule has 0 aliphatic heterocycles. The van der Waals surface area contributed by atoms with Crippen molar-refractivity contribution in [3.8, 4) is 5.75 Å². The fraction of sp³-hybridized carbons (Fsp3) is 0.355. The van der Waals surface area contributed by atoms with Gasteiger partial charge < -0.3 is 15.0 Å². The highest BCUT2D eigenvalue weighted by molar-refractivity contribution is 9.10. The van der Waals surface area contributed by atoms with Gasteiger partial charge in [0.15, 0.2) is 6.61 Å². The lowest BCUT2D eigenvalue weighted by Crippen LogP contribution is -2.52. The SMILES string of the molecule is CC(C)NC(=O)[C@@H](Cc1ccccc1)N(Cc1ccc(Cl)c(Cl)c1)C(=O)COc1ccc(C(C)(C)C)cc1Br. The van der Waals surface area contributed by atoms with Crippen LogP contribution in [0.2, 0.25) is 10.0 Å². The summed E-state index contributed by atoms with van der Waals surface area (Å²) in [5.74, 6) is -0.0113. The molecule has 1 N–H and O–H groups in total. The summed E-state index contributed by atoms with van der Waals surface area (Å²) in [7, 11) is 0. The van der Waals surface area contributed by atoms with Gasteiger partial charge in [-0.1, -0.05) is 86.4 Å². The Labute approximate surface area is 250 Å². The van der Waals surface area contributed by atoms with Crippen molar-refractivity contribution in [3.05, 3.63) is 97.9 Å². The van der Waals surface area contributed by atoms with Gasteiger partial charge in [-0.25, -0.2) is 0 Å². The maximum atomic E-state index is 13.8. The molecule has 3 aromatic rings. The Bertz CT molecular complexity index is 1290. The van der Waals surface area contributed by atoms with Crippen molar-refractivity contribution in [1.29, 1.82) is 0 Å². The summed E-state index contributed by atoms with van der Waals surface area (Å²) in [5, 5.41) is 3.78. The van der Waals surface area contributed by atoms with Crippen molar-refractivity contribution in [2.75, 3.05) is 6.61 Å². The largest absolute Gasteiger partial charge is 0.483 e. The third-order valence-corrected chi connectivity index (χ3v) is 7.55. The molecule has 0 fully saturated rings. The molecule has 1 atom stereocenters.